The monoisotopic (exact) mass is 373 g/mol. The summed E-state index contributed by atoms with van der Waals surface area (Å²) >= 11 is 1.55. The van der Waals surface area contributed by atoms with Crippen LogP contribution in [0.15, 0.2) is 46.2 Å². The molecule has 0 aliphatic carbocycles. The molecule has 1 amide bonds. The number of carbonyl (C=O) groups is 1. The van der Waals surface area contributed by atoms with Crippen LogP contribution in [0.4, 0.5) is 5.69 Å². The van der Waals surface area contributed by atoms with E-state index in [2.05, 4.69) is 15.5 Å². The minimum atomic E-state index is -0.452. The van der Waals surface area contributed by atoms with E-state index in [1.54, 1.807) is 49.2 Å². The topological polar surface area (TPSA) is 90.5 Å². The van der Waals surface area contributed by atoms with Crippen molar-refractivity contribution in [2.45, 2.75) is 30.7 Å². The van der Waals surface area contributed by atoms with E-state index in [-0.39, 0.29) is 12.5 Å². The van der Waals surface area contributed by atoms with Gasteiger partial charge in [-0.1, -0.05) is 19.9 Å². The van der Waals surface area contributed by atoms with Gasteiger partial charge in [0.2, 0.25) is 5.91 Å². The van der Waals surface area contributed by atoms with Crippen LogP contribution in [0.2, 0.25) is 0 Å². The molecule has 0 aliphatic rings. The van der Waals surface area contributed by atoms with Gasteiger partial charge in [0.1, 0.15) is 17.3 Å². The summed E-state index contributed by atoms with van der Waals surface area (Å²) in [6.45, 7) is 3.89. The van der Waals surface area contributed by atoms with E-state index in [1.807, 2.05) is 19.9 Å². The van der Waals surface area contributed by atoms with Crippen molar-refractivity contribution in [3.05, 3.63) is 46.9 Å². The Morgan fingerprint density at radius 1 is 1.27 bits per heavy atom. The Hall–Kier alpha value is -2.81. The molecule has 0 fully saturated rings. The molecule has 0 bridgehead atoms. The van der Waals surface area contributed by atoms with Crippen LogP contribution in [-0.4, -0.2) is 37.7 Å². The molecule has 2 heterocycles. The average Bonchev–Trinajstić information content (AvgIpc) is 2.90. The molecule has 3 rings (SSSR count). The molecule has 1 aromatic carbocycles. The maximum absolute atomic E-state index is 12.4. The van der Waals surface area contributed by atoms with E-state index in [4.69, 9.17) is 4.74 Å². The first-order valence-corrected chi connectivity index (χ1v) is 8.91. The van der Waals surface area contributed by atoms with Gasteiger partial charge < -0.3 is 10.1 Å². The lowest BCUT2D eigenvalue weighted by atomic mass is 10.3. The van der Waals surface area contributed by atoms with Crippen LogP contribution in [-0.2, 0) is 11.3 Å². The predicted molar refractivity (Wildman–Crippen MR) is 99.9 cm³/mol. The number of hydrogen-bond donors (Lipinski definition) is 1. The Morgan fingerprint density at radius 2 is 2.08 bits per heavy atom. The highest BCUT2D eigenvalue weighted by molar-refractivity contribution is 7.99. The van der Waals surface area contributed by atoms with E-state index in [0.717, 1.165) is 9.71 Å². The average molecular weight is 373 g/mol. The predicted octanol–water partition coefficient (Wildman–Crippen LogP) is 2.04. The van der Waals surface area contributed by atoms with Crippen molar-refractivity contribution in [3.63, 3.8) is 0 Å². The van der Waals surface area contributed by atoms with Gasteiger partial charge >= 0.3 is 5.69 Å². The van der Waals surface area contributed by atoms with E-state index >= 15 is 0 Å². The van der Waals surface area contributed by atoms with Crippen LogP contribution in [0.25, 0.3) is 5.65 Å². The summed E-state index contributed by atoms with van der Waals surface area (Å²) in [4.78, 5) is 24.7. The second kappa shape index (κ2) is 7.61. The molecular weight excluding hydrogens is 354 g/mol. The number of amides is 1. The highest BCUT2D eigenvalue weighted by atomic mass is 32.2. The van der Waals surface area contributed by atoms with Crippen LogP contribution >= 0.6 is 11.8 Å². The number of fused-ring (bicyclic) bond motifs is 1. The number of rotatable bonds is 6. The van der Waals surface area contributed by atoms with Gasteiger partial charge in [-0.15, -0.1) is 16.9 Å². The van der Waals surface area contributed by atoms with Crippen LogP contribution in [0, 0.1) is 0 Å². The third-order valence-corrected chi connectivity index (χ3v) is 4.35. The highest BCUT2D eigenvalue weighted by Gasteiger charge is 2.13. The van der Waals surface area contributed by atoms with Gasteiger partial charge in [0, 0.05) is 17.0 Å². The number of methoxy groups -OCH3 is 1. The first-order valence-electron chi connectivity index (χ1n) is 8.04. The number of nitrogens with zero attached hydrogens (tertiary/aromatic N) is 4. The number of benzene rings is 1. The third kappa shape index (κ3) is 4.05. The lowest BCUT2D eigenvalue weighted by Gasteiger charge is -2.06. The summed E-state index contributed by atoms with van der Waals surface area (Å²) in [5.41, 5.74) is 0.532. The summed E-state index contributed by atoms with van der Waals surface area (Å²) < 4.78 is 7.43. The number of ether oxygens (including phenoxy) is 1. The second-order valence-electron chi connectivity index (χ2n) is 5.83. The molecule has 1 N–H and O–H groups in total. The third-order valence-electron chi connectivity index (χ3n) is 3.42. The van der Waals surface area contributed by atoms with Crippen molar-refractivity contribution in [3.8, 4) is 5.75 Å². The maximum atomic E-state index is 12.4. The second-order valence-corrected chi connectivity index (χ2v) is 7.43. The van der Waals surface area contributed by atoms with E-state index in [9.17, 15) is 9.59 Å². The van der Waals surface area contributed by atoms with Gasteiger partial charge in [-0.3, -0.25) is 4.79 Å². The first-order chi connectivity index (χ1) is 12.5. The highest BCUT2D eigenvalue weighted by Crippen LogP contribution is 2.20. The molecule has 0 spiro atoms. The number of carbonyl (C=O) groups excluding carboxylic acids is 1. The number of thioether (sulfide) groups is 1. The van der Waals surface area contributed by atoms with Crippen molar-refractivity contribution in [1.29, 1.82) is 0 Å². The Labute approximate surface area is 154 Å². The standard InChI is InChI=1S/C17H19N5O3S/c1-11(2)26-16-8-7-14-19-21(17(24)22(14)20-16)10-15(23)18-12-5-4-6-13(9-12)25-3/h4-9,11H,10H2,1-3H3,(H,18,23). The fourth-order valence-electron chi connectivity index (χ4n) is 2.34. The summed E-state index contributed by atoms with van der Waals surface area (Å²) in [5, 5.41) is 12.2. The van der Waals surface area contributed by atoms with Crippen LogP contribution in [0.3, 0.4) is 0 Å². The SMILES string of the molecule is COc1cccc(NC(=O)Cn2nc3ccc(SC(C)C)nn3c2=O)c1. The molecule has 0 saturated carbocycles. The molecule has 0 unspecified atom stereocenters. The molecule has 8 nitrogen and oxygen atoms in total. The molecule has 0 saturated heterocycles. The van der Waals surface area contributed by atoms with Gasteiger partial charge in [0.05, 0.1) is 7.11 Å². The van der Waals surface area contributed by atoms with Crippen molar-refractivity contribution in [2.24, 2.45) is 0 Å². The summed E-state index contributed by atoms with van der Waals surface area (Å²) in [6.07, 6.45) is 0. The van der Waals surface area contributed by atoms with Crippen molar-refractivity contribution < 1.29 is 9.53 Å². The number of anilines is 1. The molecular formula is C17H19N5O3S. The summed E-state index contributed by atoms with van der Waals surface area (Å²) in [6, 6.07) is 10.5. The Morgan fingerprint density at radius 3 is 2.81 bits per heavy atom. The zero-order valence-corrected chi connectivity index (χ0v) is 15.5. The molecule has 136 valence electrons. The minimum Gasteiger partial charge on any atom is -0.497 e. The van der Waals surface area contributed by atoms with Crippen LogP contribution in [0.1, 0.15) is 13.8 Å². The van der Waals surface area contributed by atoms with Gasteiger partial charge in [0.15, 0.2) is 5.65 Å². The summed E-state index contributed by atoms with van der Waals surface area (Å²) in [7, 11) is 1.55. The number of hydrogen-bond acceptors (Lipinski definition) is 6. The molecule has 0 radical (unpaired) electrons. The van der Waals surface area contributed by atoms with Gasteiger partial charge in [0.25, 0.3) is 0 Å². The van der Waals surface area contributed by atoms with Crippen LogP contribution < -0.4 is 15.7 Å². The fourth-order valence-corrected chi connectivity index (χ4v) is 3.09. The Kier molecular flexibility index (Phi) is 5.27. The van der Waals surface area contributed by atoms with Crippen molar-refractivity contribution in [1.82, 2.24) is 19.4 Å². The molecule has 2 aromatic heterocycles. The Bertz CT molecular complexity index is 995. The zero-order valence-electron chi connectivity index (χ0n) is 14.7. The number of aromatic nitrogens is 4. The zero-order chi connectivity index (χ0) is 18.7. The maximum Gasteiger partial charge on any atom is 0.367 e. The number of nitrogens with one attached hydrogen (secondary N) is 1. The quantitative estimate of drug-likeness (QED) is 0.665. The largest absolute Gasteiger partial charge is 0.497 e. The smallest absolute Gasteiger partial charge is 0.367 e. The van der Waals surface area contributed by atoms with E-state index < -0.39 is 5.69 Å². The fraction of sp³-hybridized carbons (Fsp3) is 0.294. The molecule has 3 aromatic rings. The molecule has 0 atom stereocenters. The van der Waals surface area contributed by atoms with Gasteiger partial charge in [-0.2, -0.15) is 9.61 Å². The minimum absolute atomic E-state index is 0.202. The first kappa shape index (κ1) is 18.0. The molecule has 26 heavy (non-hydrogen) atoms. The lowest BCUT2D eigenvalue weighted by Crippen LogP contribution is -2.28. The molecule has 0 aliphatic heterocycles. The molecule has 9 heteroatoms. The van der Waals surface area contributed by atoms with Crippen LogP contribution in [0.5, 0.6) is 5.75 Å². The lowest BCUT2D eigenvalue weighted by molar-refractivity contribution is -0.117. The van der Waals surface area contributed by atoms with Gasteiger partial charge in [-0.25, -0.2) is 9.48 Å². The van der Waals surface area contributed by atoms with E-state index in [0.29, 0.717) is 22.3 Å². The van der Waals surface area contributed by atoms with E-state index in [1.165, 1.54) is 4.52 Å². The van der Waals surface area contributed by atoms with Crippen molar-refractivity contribution in [2.75, 3.05) is 12.4 Å². The Balaban J connectivity index is 1.78. The van der Waals surface area contributed by atoms with Crippen molar-refractivity contribution >= 4 is 29.0 Å². The summed E-state index contributed by atoms with van der Waals surface area (Å²) in [5.74, 6) is 0.271. The van der Waals surface area contributed by atoms with Gasteiger partial charge in [-0.05, 0) is 24.3 Å². The normalized spacial score (nSPS) is 11.1.